The first-order valence-electron chi connectivity index (χ1n) is 6.44. The number of rotatable bonds is 5. The summed E-state index contributed by atoms with van der Waals surface area (Å²) in [6.07, 6.45) is 1.26. The van der Waals surface area contributed by atoms with Crippen molar-refractivity contribution >= 4 is 11.5 Å². The highest BCUT2D eigenvalue weighted by Gasteiger charge is 2.26. The third-order valence-electron chi connectivity index (χ3n) is 3.02. The molecule has 1 N–H and O–H groups in total. The molecule has 2 heterocycles. The third kappa shape index (κ3) is 3.31. The van der Waals surface area contributed by atoms with Crippen molar-refractivity contribution in [2.45, 2.75) is 6.92 Å². The van der Waals surface area contributed by atoms with E-state index in [0.717, 1.165) is 26.2 Å². The van der Waals surface area contributed by atoms with E-state index in [1.165, 1.54) is 6.33 Å². The van der Waals surface area contributed by atoms with E-state index in [9.17, 15) is 10.1 Å². The summed E-state index contributed by atoms with van der Waals surface area (Å²) < 4.78 is 5.19. The molecule has 0 aliphatic carbocycles. The number of hydrogen-bond acceptors (Lipinski definition) is 8. The molecule has 1 aromatic heterocycles. The Kier molecular flexibility index (Phi) is 4.64. The van der Waals surface area contributed by atoms with Crippen molar-refractivity contribution < 1.29 is 9.66 Å². The fraction of sp³-hybridized carbons (Fsp3) is 0.636. The van der Waals surface area contributed by atoms with Crippen LogP contribution in [0.5, 0.6) is 5.88 Å². The molecule has 1 aliphatic rings. The van der Waals surface area contributed by atoms with Gasteiger partial charge in [0, 0.05) is 26.2 Å². The van der Waals surface area contributed by atoms with Gasteiger partial charge in [0.25, 0.3) is 5.88 Å². The summed E-state index contributed by atoms with van der Waals surface area (Å²) in [6.45, 7) is 5.38. The van der Waals surface area contributed by atoms with E-state index >= 15 is 0 Å². The predicted octanol–water partition coefficient (Wildman–Crippen LogP) is 0.358. The lowest BCUT2D eigenvalue weighted by Crippen LogP contribution is -2.47. The summed E-state index contributed by atoms with van der Waals surface area (Å²) in [5, 5.41) is 13.1. The van der Waals surface area contributed by atoms with Gasteiger partial charge in [0.1, 0.15) is 6.33 Å². The summed E-state index contributed by atoms with van der Waals surface area (Å²) in [7, 11) is 2.04. The van der Waals surface area contributed by atoms with Crippen molar-refractivity contribution in [2.24, 2.45) is 0 Å². The second-order valence-electron chi connectivity index (χ2n) is 4.47. The molecule has 0 spiro atoms. The maximum absolute atomic E-state index is 11.2. The molecular formula is C11H18N6O3. The fourth-order valence-electron chi connectivity index (χ4n) is 1.92. The number of nitrogens with one attached hydrogen (secondary N) is 1. The first-order chi connectivity index (χ1) is 9.61. The minimum Gasteiger partial charge on any atom is -0.473 e. The first kappa shape index (κ1) is 14.4. The van der Waals surface area contributed by atoms with Crippen molar-refractivity contribution in [2.75, 3.05) is 45.3 Å². The van der Waals surface area contributed by atoms with E-state index < -0.39 is 4.92 Å². The largest absolute Gasteiger partial charge is 0.473 e. The molecule has 0 saturated carbocycles. The second kappa shape index (κ2) is 6.44. The summed E-state index contributed by atoms with van der Waals surface area (Å²) in [6, 6.07) is 0. The quantitative estimate of drug-likeness (QED) is 0.610. The number of likely N-dealkylation sites (N-methyl/N-ethyl adjacent to an activating group) is 1. The molecule has 0 amide bonds. The normalized spacial score (nSPS) is 16.9. The van der Waals surface area contributed by atoms with Crippen LogP contribution in [0.4, 0.5) is 11.5 Å². The molecule has 0 bridgehead atoms. The zero-order chi connectivity index (χ0) is 14.5. The Labute approximate surface area is 116 Å². The van der Waals surface area contributed by atoms with Crippen LogP contribution in [-0.4, -0.2) is 64.6 Å². The number of aromatic nitrogens is 2. The van der Waals surface area contributed by atoms with Gasteiger partial charge in [-0.25, -0.2) is 9.99 Å². The maximum atomic E-state index is 11.2. The fourth-order valence-corrected chi connectivity index (χ4v) is 1.92. The van der Waals surface area contributed by atoms with Crippen LogP contribution in [0.1, 0.15) is 6.92 Å². The number of anilines is 1. The number of piperazine rings is 1. The van der Waals surface area contributed by atoms with Gasteiger partial charge in [0.05, 0.1) is 11.5 Å². The van der Waals surface area contributed by atoms with E-state index in [1.54, 1.807) is 6.92 Å². The smallest absolute Gasteiger partial charge is 0.374 e. The lowest BCUT2D eigenvalue weighted by atomic mass is 10.4. The molecule has 9 nitrogen and oxygen atoms in total. The Morgan fingerprint density at radius 3 is 2.70 bits per heavy atom. The molecule has 1 aromatic rings. The highest BCUT2D eigenvalue weighted by molar-refractivity contribution is 5.60. The number of nitro groups is 1. The van der Waals surface area contributed by atoms with Crippen LogP contribution in [0, 0.1) is 10.1 Å². The minimum absolute atomic E-state index is 0.0101. The minimum atomic E-state index is -0.524. The molecule has 0 radical (unpaired) electrons. The molecular weight excluding hydrogens is 264 g/mol. The van der Waals surface area contributed by atoms with Crippen LogP contribution >= 0.6 is 0 Å². The van der Waals surface area contributed by atoms with Gasteiger partial charge in [-0.1, -0.05) is 0 Å². The number of nitrogens with zero attached hydrogens (tertiary/aromatic N) is 5. The molecule has 110 valence electrons. The van der Waals surface area contributed by atoms with Crippen molar-refractivity contribution in [3.05, 3.63) is 16.4 Å². The standard InChI is InChI=1S/C11H18N6O3/c1-3-20-11-9(17(18)19)10(12-8-13-11)14-16-6-4-15(2)5-7-16/h8H,3-7H2,1-2H3,(H,12,13,14). The van der Waals surface area contributed by atoms with Gasteiger partial charge in [0.2, 0.25) is 5.82 Å². The average molecular weight is 282 g/mol. The zero-order valence-electron chi connectivity index (χ0n) is 11.6. The average Bonchev–Trinajstić information content (AvgIpc) is 2.41. The van der Waals surface area contributed by atoms with Gasteiger partial charge in [-0.3, -0.25) is 15.5 Å². The summed E-state index contributed by atoms with van der Waals surface area (Å²) >= 11 is 0. The maximum Gasteiger partial charge on any atom is 0.374 e. The molecule has 2 rings (SSSR count). The lowest BCUT2D eigenvalue weighted by molar-refractivity contribution is -0.385. The second-order valence-corrected chi connectivity index (χ2v) is 4.47. The van der Waals surface area contributed by atoms with Crippen molar-refractivity contribution in [3.63, 3.8) is 0 Å². The van der Waals surface area contributed by atoms with Crippen LogP contribution in [0.3, 0.4) is 0 Å². The van der Waals surface area contributed by atoms with Crippen LogP contribution in [0.2, 0.25) is 0 Å². The van der Waals surface area contributed by atoms with E-state index in [1.807, 2.05) is 12.1 Å². The van der Waals surface area contributed by atoms with E-state index in [2.05, 4.69) is 20.3 Å². The third-order valence-corrected chi connectivity index (χ3v) is 3.02. The molecule has 1 fully saturated rings. The molecule has 20 heavy (non-hydrogen) atoms. The lowest BCUT2D eigenvalue weighted by Gasteiger charge is -2.32. The Morgan fingerprint density at radius 1 is 1.40 bits per heavy atom. The zero-order valence-corrected chi connectivity index (χ0v) is 11.6. The summed E-state index contributed by atoms with van der Waals surface area (Å²) in [4.78, 5) is 20.6. The highest BCUT2D eigenvalue weighted by Crippen LogP contribution is 2.30. The Bertz CT molecular complexity index is 475. The molecule has 0 atom stereocenters. The van der Waals surface area contributed by atoms with E-state index in [-0.39, 0.29) is 17.4 Å². The van der Waals surface area contributed by atoms with Gasteiger partial charge in [0.15, 0.2) is 0 Å². The van der Waals surface area contributed by atoms with Crippen LogP contribution < -0.4 is 10.2 Å². The van der Waals surface area contributed by atoms with Gasteiger partial charge in [-0.05, 0) is 14.0 Å². The predicted molar refractivity (Wildman–Crippen MR) is 72.5 cm³/mol. The van der Waals surface area contributed by atoms with Crippen LogP contribution in [0.15, 0.2) is 6.33 Å². The Morgan fingerprint density at radius 2 is 2.10 bits per heavy atom. The number of ether oxygens (including phenoxy) is 1. The topological polar surface area (TPSA) is 96.7 Å². The SMILES string of the molecule is CCOc1ncnc(NN2CCN(C)CC2)c1[N+](=O)[O-]. The molecule has 0 unspecified atom stereocenters. The van der Waals surface area contributed by atoms with Crippen molar-refractivity contribution in [1.82, 2.24) is 19.9 Å². The molecule has 1 saturated heterocycles. The van der Waals surface area contributed by atoms with Crippen molar-refractivity contribution in [3.8, 4) is 5.88 Å². The van der Waals surface area contributed by atoms with Gasteiger partial charge < -0.3 is 9.64 Å². The Balaban J connectivity index is 2.18. The van der Waals surface area contributed by atoms with Crippen LogP contribution in [0.25, 0.3) is 0 Å². The molecule has 1 aliphatic heterocycles. The Hall–Kier alpha value is -2.00. The molecule has 9 heteroatoms. The number of hydrazine groups is 1. The monoisotopic (exact) mass is 282 g/mol. The summed E-state index contributed by atoms with van der Waals surface area (Å²) in [5.41, 5.74) is 2.76. The van der Waals surface area contributed by atoms with Crippen molar-refractivity contribution in [1.29, 1.82) is 0 Å². The van der Waals surface area contributed by atoms with Gasteiger partial charge in [-0.2, -0.15) is 4.98 Å². The number of hydrogen-bond donors (Lipinski definition) is 1. The first-order valence-corrected chi connectivity index (χ1v) is 6.44. The summed E-state index contributed by atoms with van der Waals surface area (Å²) in [5.74, 6) is 0.155. The highest BCUT2D eigenvalue weighted by atomic mass is 16.6. The van der Waals surface area contributed by atoms with Crippen LogP contribution in [-0.2, 0) is 0 Å². The van der Waals surface area contributed by atoms with E-state index in [0.29, 0.717) is 6.61 Å². The van der Waals surface area contributed by atoms with Gasteiger partial charge in [-0.15, -0.1) is 0 Å². The van der Waals surface area contributed by atoms with E-state index in [4.69, 9.17) is 4.74 Å². The molecule has 0 aromatic carbocycles. The van der Waals surface area contributed by atoms with Gasteiger partial charge >= 0.3 is 5.69 Å².